The fourth-order valence-electron chi connectivity index (χ4n) is 1.86. The molecule has 0 spiro atoms. The second-order valence-electron chi connectivity index (χ2n) is 4.51. The molecule has 3 heterocycles. The molecular formula is C16H13ClN4O. The van der Waals surface area contributed by atoms with Crippen LogP contribution in [-0.4, -0.2) is 19.9 Å². The summed E-state index contributed by atoms with van der Waals surface area (Å²) in [6.45, 7) is 2.03. The van der Waals surface area contributed by atoms with Crippen LogP contribution in [-0.2, 0) is 6.42 Å². The Bertz CT molecular complexity index is 763. The lowest BCUT2D eigenvalue weighted by molar-refractivity contribution is 0.459. The number of halogens is 1. The average molecular weight is 313 g/mol. The number of ether oxygens (including phenoxy) is 1. The van der Waals surface area contributed by atoms with E-state index in [-0.39, 0.29) is 0 Å². The van der Waals surface area contributed by atoms with E-state index in [4.69, 9.17) is 16.3 Å². The van der Waals surface area contributed by atoms with Crippen LogP contribution in [0.3, 0.4) is 0 Å². The summed E-state index contributed by atoms with van der Waals surface area (Å²) < 4.78 is 5.74. The number of pyridine rings is 2. The number of hydrogen-bond acceptors (Lipinski definition) is 5. The monoisotopic (exact) mass is 312 g/mol. The zero-order valence-electron chi connectivity index (χ0n) is 11.9. The summed E-state index contributed by atoms with van der Waals surface area (Å²) in [5, 5.41) is 0.415. The van der Waals surface area contributed by atoms with Gasteiger partial charge in [-0.2, -0.15) is 4.98 Å². The van der Waals surface area contributed by atoms with E-state index in [1.54, 1.807) is 30.6 Å². The van der Waals surface area contributed by atoms with E-state index >= 15 is 0 Å². The number of aromatic nitrogens is 4. The van der Waals surface area contributed by atoms with Gasteiger partial charge >= 0.3 is 0 Å². The summed E-state index contributed by atoms with van der Waals surface area (Å²) in [5.74, 6) is 1.56. The molecule has 3 rings (SSSR count). The van der Waals surface area contributed by atoms with Gasteiger partial charge in [0.1, 0.15) is 16.6 Å². The van der Waals surface area contributed by atoms with Crippen molar-refractivity contribution in [1.29, 1.82) is 0 Å². The Hall–Kier alpha value is -2.53. The minimum atomic E-state index is 0.415. The molecule has 0 aromatic carbocycles. The lowest BCUT2D eigenvalue weighted by atomic mass is 10.3. The van der Waals surface area contributed by atoms with Crippen molar-refractivity contribution in [3.8, 4) is 23.1 Å². The highest BCUT2D eigenvalue weighted by atomic mass is 35.5. The molecule has 0 N–H and O–H groups in total. The largest absolute Gasteiger partial charge is 0.437 e. The summed E-state index contributed by atoms with van der Waals surface area (Å²) in [6.07, 6.45) is 4.04. The maximum atomic E-state index is 5.77. The Morgan fingerprint density at radius 1 is 1.09 bits per heavy atom. The number of aryl methyl sites for hydroxylation is 1. The molecule has 5 nitrogen and oxygen atoms in total. The van der Waals surface area contributed by atoms with Gasteiger partial charge in [-0.1, -0.05) is 24.6 Å². The number of hydrogen-bond donors (Lipinski definition) is 0. The second kappa shape index (κ2) is 6.49. The molecule has 0 aliphatic rings. The van der Waals surface area contributed by atoms with Crippen LogP contribution >= 0.6 is 11.6 Å². The predicted octanol–water partition coefficient (Wildman–Crippen LogP) is 3.94. The van der Waals surface area contributed by atoms with Crippen molar-refractivity contribution in [3.05, 3.63) is 59.6 Å². The second-order valence-corrected chi connectivity index (χ2v) is 4.90. The van der Waals surface area contributed by atoms with Crippen molar-refractivity contribution in [2.75, 3.05) is 0 Å². The van der Waals surface area contributed by atoms with Crippen LogP contribution in [0.2, 0.25) is 5.15 Å². The molecule has 0 saturated heterocycles. The standard InChI is InChI=1S/C16H13ClN4O/c1-2-11-9-15(22-12-6-7-14(17)19-10-12)21-16(20-11)13-5-3-4-8-18-13/h3-10H,2H2,1H3. The topological polar surface area (TPSA) is 60.8 Å². The van der Waals surface area contributed by atoms with Crippen molar-refractivity contribution in [2.45, 2.75) is 13.3 Å². The quantitative estimate of drug-likeness (QED) is 0.683. The predicted molar refractivity (Wildman–Crippen MR) is 84.0 cm³/mol. The SMILES string of the molecule is CCc1cc(Oc2ccc(Cl)nc2)nc(-c2ccccn2)n1. The lowest BCUT2D eigenvalue weighted by Gasteiger charge is -2.08. The Morgan fingerprint density at radius 2 is 2.00 bits per heavy atom. The van der Waals surface area contributed by atoms with Crippen molar-refractivity contribution in [1.82, 2.24) is 19.9 Å². The van der Waals surface area contributed by atoms with Gasteiger partial charge in [-0.3, -0.25) is 4.98 Å². The van der Waals surface area contributed by atoms with E-state index in [1.807, 2.05) is 25.1 Å². The fraction of sp³-hybridized carbons (Fsp3) is 0.125. The molecule has 0 fully saturated rings. The molecule has 3 aromatic heterocycles. The van der Waals surface area contributed by atoms with Gasteiger partial charge in [-0.25, -0.2) is 9.97 Å². The Kier molecular flexibility index (Phi) is 4.25. The van der Waals surface area contributed by atoms with E-state index in [1.165, 1.54) is 0 Å². The zero-order chi connectivity index (χ0) is 15.4. The van der Waals surface area contributed by atoms with Gasteiger partial charge in [0.25, 0.3) is 0 Å². The van der Waals surface area contributed by atoms with E-state index in [2.05, 4.69) is 19.9 Å². The molecule has 0 radical (unpaired) electrons. The lowest BCUT2D eigenvalue weighted by Crippen LogP contribution is -1.99. The number of nitrogens with zero attached hydrogens (tertiary/aromatic N) is 4. The molecule has 6 heteroatoms. The van der Waals surface area contributed by atoms with Crippen LogP contribution in [0.4, 0.5) is 0 Å². The van der Waals surface area contributed by atoms with Crippen molar-refractivity contribution < 1.29 is 4.74 Å². The smallest absolute Gasteiger partial charge is 0.223 e. The minimum absolute atomic E-state index is 0.415. The van der Waals surface area contributed by atoms with Crippen molar-refractivity contribution in [3.63, 3.8) is 0 Å². The van der Waals surface area contributed by atoms with Crippen LogP contribution in [0.25, 0.3) is 11.5 Å². The third-order valence-corrected chi connectivity index (χ3v) is 3.16. The molecule has 0 bridgehead atoms. The van der Waals surface area contributed by atoms with Crippen molar-refractivity contribution in [2.24, 2.45) is 0 Å². The molecule has 22 heavy (non-hydrogen) atoms. The van der Waals surface area contributed by atoms with Crippen molar-refractivity contribution >= 4 is 11.6 Å². The Morgan fingerprint density at radius 3 is 2.68 bits per heavy atom. The third-order valence-electron chi connectivity index (χ3n) is 2.93. The van der Waals surface area contributed by atoms with Gasteiger partial charge in [-0.15, -0.1) is 0 Å². The molecular weight excluding hydrogens is 300 g/mol. The maximum absolute atomic E-state index is 5.77. The summed E-state index contributed by atoms with van der Waals surface area (Å²) in [5.41, 5.74) is 1.59. The molecule has 0 amide bonds. The summed E-state index contributed by atoms with van der Waals surface area (Å²) >= 11 is 5.77. The first kappa shape index (κ1) is 14.4. The number of rotatable bonds is 4. The fourth-order valence-corrected chi connectivity index (χ4v) is 1.97. The normalized spacial score (nSPS) is 10.5. The third kappa shape index (κ3) is 3.38. The van der Waals surface area contributed by atoms with Crippen LogP contribution in [0.15, 0.2) is 48.8 Å². The van der Waals surface area contributed by atoms with Gasteiger partial charge in [0.2, 0.25) is 5.88 Å². The van der Waals surface area contributed by atoms with Gasteiger partial charge in [0.05, 0.1) is 6.20 Å². The molecule has 0 aliphatic carbocycles. The summed E-state index contributed by atoms with van der Waals surface area (Å²) in [7, 11) is 0. The molecule has 0 unspecified atom stereocenters. The minimum Gasteiger partial charge on any atom is -0.437 e. The summed E-state index contributed by atoms with van der Waals surface area (Å²) in [4.78, 5) is 17.2. The first-order valence-electron chi connectivity index (χ1n) is 6.83. The van der Waals surface area contributed by atoms with E-state index in [0.717, 1.165) is 12.1 Å². The van der Waals surface area contributed by atoms with E-state index in [0.29, 0.717) is 28.3 Å². The maximum Gasteiger partial charge on any atom is 0.223 e. The van der Waals surface area contributed by atoms with Gasteiger partial charge in [0, 0.05) is 18.0 Å². The van der Waals surface area contributed by atoms with Gasteiger partial charge < -0.3 is 4.74 Å². The Labute approximate surface area is 133 Å². The summed E-state index contributed by atoms with van der Waals surface area (Å²) in [6, 6.07) is 10.8. The molecule has 0 atom stereocenters. The van der Waals surface area contributed by atoms with Gasteiger partial charge in [0.15, 0.2) is 5.82 Å². The van der Waals surface area contributed by atoms with Crippen LogP contribution in [0, 0.1) is 0 Å². The zero-order valence-corrected chi connectivity index (χ0v) is 12.7. The molecule has 0 aliphatic heterocycles. The highest BCUT2D eigenvalue weighted by Gasteiger charge is 2.09. The Balaban J connectivity index is 1.95. The first-order valence-corrected chi connectivity index (χ1v) is 7.21. The average Bonchev–Trinajstić information content (AvgIpc) is 2.57. The van der Waals surface area contributed by atoms with E-state index in [9.17, 15) is 0 Å². The van der Waals surface area contributed by atoms with E-state index < -0.39 is 0 Å². The van der Waals surface area contributed by atoms with Crippen LogP contribution in [0.5, 0.6) is 11.6 Å². The highest BCUT2D eigenvalue weighted by molar-refractivity contribution is 6.29. The first-order chi connectivity index (χ1) is 10.7. The van der Waals surface area contributed by atoms with Gasteiger partial charge in [-0.05, 0) is 30.7 Å². The molecule has 110 valence electrons. The highest BCUT2D eigenvalue weighted by Crippen LogP contribution is 2.23. The van der Waals surface area contributed by atoms with Crippen LogP contribution in [0.1, 0.15) is 12.6 Å². The molecule has 3 aromatic rings. The van der Waals surface area contributed by atoms with Crippen LogP contribution < -0.4 is 4.74 Å². The molecule has 0 saturated carbocycles.